The number of rotatable bonds is 7. The fourth-order valence-electron chi connectivity index (χ4n) is 2.99. The van der Waals surface area contributed by atoms with E-state index in [0.717, 1.165) is 11.1 Å². The SMILES string of the molecule is CCS(=O)(=O)c1ccc(OC)c(Nc2ncc(-c3cccc(-c4cccs4)c3)o2)c1. The highest BCUT2D eigenvalue weighted by Gasteiger charge is 2.16. The number of nitrogens with zero attached hydrogens (tertiary/aromatic N) is 1. The summed E-state index contributed by atoms with van der Waals surface area (Å²) in [6, 6.07) is 17.0. The quantitative estimate of drug-likeness (QED) is 0.402. The molecule has 2 heterocycles. The first-order valence-electron chi connectivity index (χ1n) is 9.28. The lowest BCUT2D eigenvalue weighted by Crippen LogP contribution is -2.05. The Morgan fingerprint density at radius 1 is 1.10 bits per heavy atom. The van der Waals surface area contributed by atoms with Crippen molar-refractivity contribution in [2.45, 2.75) is 11.8 Å². The summed E-state index contributed by atoms with van der Waals surface area (Å²) in [5.74, 6) is 1.11. The fraction of sp³-hybridized carbons (Fsp3) is 0.136. The van der Waals surface area contributed by atoms with Crippen LogP contribution in [0.5, 0.6) is 5.75 Å². The molecule has 0 spiro atoms. The van der Waals surface area contributed by atoms with E-state index in [1.807, 2.05) is 29.6 Å². The summed E-state index contributed by atoms with van der Waals surface area (Å²) in [4.78, 5) is 5.67. The first kappa shape index (κ1) is 20.2. The summed E-state index contributed by atoms with van der Waals surface area (Å²) in [6.07, 6.45) is 1.63. The Morgan fingerprint density at radius 2 is 1.93 bits per heavy atom. The van der Waals surface area contributed by atoms with Crippen LogP contribution in [0.25, 0.3) is 21.8 Å². The minimum atomic E-state index is -3.35. The number of sulfone groups is 1. The molecule has 0 amide bonds. The van der Waals surface area contributed by atoms with Gasteiger partial charge in [0.25, 0.3) is 6.01 Å². The molecular formula is C22H20N2O4S2. The van der Waals surface area contributed by atoms with Gasteiger partial charge in [0.2, 0.25) is 0 Å². The highest BCUT2D eigenvalue weighted by atomic mass is 32.2. The standard InChI is InChI=1S/C22H20N2O4S2/c1-3-30(25,26)17-9-10-19(27-2)18(13-17)24-22-23-14-20(28-22)15-6-4-7-16(12-15)21-8-5-11-29-21/h4-14H,3H2,1-2H3,(H,23,24). The maximum absolute atomic E-state index is 12.2. The van der Waals surface area contributed by atoms with E-state index >= 15 is 0 Å². The van der Waals surface area contributed by atoms with Crippen molar-refractivity contribution in [2.75, 3.05) is 18.2 Å². The summed E-state index contributed by atoms with van der Waals surface area (Å²) in [6.45, 7) is 1.61. The maximum atomic E-state index is 12.2. The van der Waals surface area contributed by atoms with E-state index in [1.54, 1.807) is 30.5 Å². The Hall–Kier alpha value is -3.10. The molecule has 2 aromatic carbocycles. The normalized spacial score (nSPS) is 11.4. The number of ether oxygens (including phenoxy) is 1. The van der Waals surface area contributed by atoms with E-state index in [0.29, 0.717) is 17.2 Å². The molecule has 6 nitrogen and oxygen atoms in total. The lowest BCUT2D eigenvalue weighted by molar-refractivity contribution is 0.416. The third-order valence-corrected chi connectivity index (χ3v) is 7.26. The van der Waals surface area contributed by atoms with Gasteiger partial charge in [-0.15, -0.1) is 11.3 Å². The zero-order valence-electron chi connectivity index (χ0n) is 16.5. The number of anilines is 2. The van der Waals surface area contributed by atoms with Crippen molar-refractivity contribution in [1.29, 1.82) is 0 Å². The van der Waals surface area contributed by atoms with Crippen LogP contribution >= 0.6 is 11.3 Å². The molecule has 0 aliphatic heterocycles. The van der Waals surface area contributed by atoms with Gasteiger partial charge in [-0.1, -0.05) is 31.2 Å². The topological polar surface area (TPSA) is 81.4 Å². The van der Waals surface area contributed by atoms with Crippen molar-refractivity contribution in [1.82, 2.24) is 4.98 Å². The number of hydrogen-bond acceptors (Lipinski definition) is 7. The van der Waals surface area contributed by atoms with Gasteiger partial charge in [0, 0.05) is 10.4 Å². The highest BCUT2D eigenvalue weighted by Crippen LogP contribution is 2.33. The van der Waals surface area contributed by atoms with Gasteiger partial charge < -0.3 is 14.5 Å². The summed E-state index contributed by atoms with van der Waals surface area (Å²) in [5.41, 5.74) is 2.47. The Morgan fingerprint density at radius 3 is 2.67 bits per heavy atom. The first-order valence-corrected chi connectivity index (χ1v) is 11.8. The second-order valence-electron chi connectivity index (χ2n) is 6.48. The first-order chi connectivity index (χ1) is 14.5. The van der Waals surface area contributed by atoms with E-state index in [-0.39, 0.29) is 16.7 Å². The summed E-state index contributed by atoms with van der Waals surface area (Å²) in [7, 11) is -1.83. The third kappa shape index (κ3) is 4.10. The molecule has 0 atom stereocenters. The molecule has 0 bridgehead atoms. The summed E-state index contributed by atoms with van der Waals surface area (Å²) < 4.78 is 35.6. The van der Waals surface area contributed by atoms with Crippen LogP contribution in [0.4, 0.5) is 11.7 Å². The molecule has 0 radical (unpaired) electrons. The van der Waals surface area contributed by atoms with Gasteiger partial charge in [-0.25, -0.2) is 13.4 Å². The molecule has 0 fully saturated rings. The molecular weight excluding hydrogens is 420 g/mol. The number of hydrogen-bond donors (Lipinski definition) is 1. The number of aromatic nitrogens is 1. The molecule has 0 saturated heterocycles. The smallest absolute Gasteiger partial charge is 0.299 e. The van der Waals surface area contributed by atoms with Crippen LogP contribution < -0.4 is 10.1 Å². The lowest BCUT2D eigenvalue weighted by Gasteiger charge is -2.11. The summed E-state index contributed by atoms with van der Waals surface area (Å²) >= 11 is 1.67. The van der Waals surface area contributed by atoms with Gasteiger partial charge in [0.1, 0.15) is 5.75 Å². The Kier molecular flexibility index (Phi) is 5.61. The second kappa shape index (κ2) is 8.33. The predicted molar refractivity (Wildman–Crippen MR) is 119 cm³/mol. The van der Waals surface area contributed by atoms with Gasteiger partial charge in [0.15, 0.2) is 15.6 Å². The monoisotopic (exact) mass is 440 g/mol. The maximum Gasteiger partial charge on any atom is 0.299 e. The zero-order valence-corrected chi connectivity index (χ0v) is 18.1. The average Bonchev–Trinajstić information content (AvgIpc) is 3.46. The van der Waals surface area contributed by atoms with Crippen LogP contribution in [-0.4, -0.2) is 26.3 Å². The Labute approximate surface area is 179 Å². The highest BCUT2D eigenvalue weighted by molar-refractivity contribution is 7.91. The fourth-order valence-corrected chi connectivity index (χ4v) is 4.62. The minimum Gasteiger partial charge on any atom is -0.495 e. The van der Waals surface area contributed by atoms with E-state index in [9.17, 15) is 8.42 Å². The van der Waals surface area contributed by atoms with Crippen LogP contribution in [0.2, 0.25) is 0 Å². The van der Waals surface area contributed by atoms with Crippen molar-refractivity contribution in [3.63, 3.8) is 0 Å². The van der Waals surface area contributed by atoms with Crippen molar-refractivity contribution in [3.8, 4) is 27.5 Å². The van der Waals surface area contributed by atoms with Crippen LogP contribution in [0, 0.1) is 0 Å². The third-order valence-electron chi connectivity index (χ3n) is 4.61. The number of oxazole rings is 1. The molecule has 4 aromatic rings. The van der Waals surface area contributed by atoms with Gasteiger partial charge in [-0.2, -0.15) is 0 Å². The van der Waals surface area contributed by atoms with Crippen molar-refractivity contribution >= 4 is 32.9 Å². The molecule has 154 valence electrons. The second-order valence-corrected chi connectivity index (χ2v) is 9.70. The van der Waals surface area contributed by atoms with Crippen molar-refractivity contribution < 1.29 is 17.6 Å². The van der Waals surface area contributed by atoms with Crippen LogP contribution in [-0.2, 0) is 9.84 Å². The predicted octanol–water partition coefficient (Wildman–Crippen LogP) is 5.62. The van der Waals surface area contributed by atoms with Crippen molar-refractivity contribution in [2.24, 2.45) is 0 Å². The molecule has 4 rings (SSSR count). The Balaban J connectivity index is 1.63. The van der Waals surface area contributed by atoms with E-state index in [1.165, 1.54) is 24.1 Å². The largest absolute Gasteiger partial charge is 0.495 e. The molecule has 2 aromatic heterocycles. The van der Waals surface area contributed by atoms with Crippen molar-refractivity contribution in [3.05, 3.63) is 66.2 Å². The van der Waals surface area contributed by atoms with Gasteiger partial charge in [0.05, 0.1) is 29.6 Å². The zero-order chi connectivity index (χ0) is 21.1. The van der Waals surface area contributed by atoms with Gasteiger partial charge in [-0.05, 0) is 41.3 Å². The van der Waals surface area contributed by atoms with Crippen LogP contribution in [0.3, 0.4) is 0 Å². The van der Waals surface area contributed by atoms with Crippen LogP contribution in [0.1, 0.15) is 6.92 Å². The van der Waals surface area contributed by atoms with E-state index in [4.69, 9.17) is 9.15 Å². The van der Waals surface area contributed by atoms with Gasteiger partial charge >= 0.3 is 0 Å². The molecule has 0 saturated carbocycles. The van der Waals surface area contributed by atoms with Crippen LogP contribution in [0.15, 0.2) is 75.5 Å². The Bertz CT molecular complexity index is 1260. The van der Waals surface area contributed by atoms with Gasteiger partial charge in [-0.3, -0.25) is 0 Å². The lowest BCUT2D eigenvalue weighted by atomic mass is 10.1. The molecule has 0 unspecified atom stereocenters. The van der Waals surface area contributed by atoms with E-state index < -0.39 is 9.84 Å². The molecule has 0 aliphatic carbocycles. The summed E-state index contributed by atoms with van der Waals surface area (Å²) in [5, 5.41) is 5.07. The minimum absolute atomic E-state index is 0.0164. The molecule has 0 aliphatic rings. The number of thiophene rings is 1. The average molecular weight is 441 g/mol. The molecule has 1 N–H and O–H groups in total. The van der Waals surface area contributed by atoms with E-state index in [2.05, 4.69) is 22.4 Å². The molecule has 8 heteroatoms. The molecule has 30 heavy (non-hydrogen) atoms. The number of methoxy groups -OCH3 is 1. The number of nitrogens with one attached hydrogen (secondary N) is 1. The number of benzene rings is 2.